The van der Waals surface area contributed by atoms with Crippen LogP contribution in [0.5, 0.6) is 0 Å². The molecule has 23 heavy (non-hydrogen) atoms. The predicted octanol–water partition coefficient (Wildman–Crippen LogP) is 3.51. The summed E-state index contributed by atoms with van der Waals surface area (Å²) in [5.74, 6) is 0.651. The molecule has 0 saturated heterocycles. The summed E-state index contributed by atoms with van der Waals surface area (Å²) >= 11 is 0. The van der Waals surface area contributed by atoms with Crippen LogP contribution in [-0.2, 0) is 6.42 Å². The first-order chi connectivity index (χ1) is 11.3. The molecule has 0 amide bonds. The highest BCUT2D eigenvalue weighted by atomic mass is 16.1. The van der Waals surface area contributed by atoms with Crippen LogP contribution in [0.2, 0.25) is 0 Å². The second-order valence-electron chi connectivity index (χ2n) is 5.05. The third-order valence-electron chi connectivity index (χ3n) is 3.49. The molecule has 114 valence electrons. The van der Waals surface area contributed by atoms with Crippen molar-refractivity contribution in [2.24, 2.45) is 5.10 Å². The average Bonchev–Trinajstić information content (AvgIpc) is 2.61. The summed E-state index contributed by atoms with van der Waals surface area (Å²) in [6.45, 7) is 1.96. The quantitative estimate of drug-likeness (QED) is 0.692. The first kappa shape index (κ1) is 14.9. The van der Waals surface area contributed by atoms with E-state index in [-0.39, 0.29) is 5.56 Å². The van der Waals surface area contributed by atoms with Gasteiger partial charge in [0.1, 0.15) is 5.82 Å². The van der Waals surface area contributed by atoms with Gasteiger partial charge in [0.15, 0.2) is 0 Å². The van der Waals surface area contributed by atoms with Gasteiger partial charge >= 0.3 is 0 Å². The molecule has 0 aliphatic rings. The van der Waals surface area contributed by atoms with Gasteiger partial charge in [0.2, 0.25) is 0 Å². The van der Waals surface area contributed by atoms with Crippen molar-refractivity contribution >= 4 is 23.2 Å². The van der Waals surface area contributed by atoms with E-state index in [1.165, 1.54) is 4.68 Å². The molecule has 0 aliphatic carbocycles. The van der Waals surface area contributed by atoms with Crippen LogP contribution in [0.15, 0.2) is 70.6 Å². The van der Waals surface area contributed by atoms with Crippen molar-refractivity contribution in [2.45, 2.75) is 13.3 Å². The van der Waals surface area contributed by atoms with Crippen LogP contribution in [0.1, 0.15) is 18.3 Å². The molecule has 1 heterocycles. The third kappa shape index (κ3) is 3.26. The van der Waals surface area contributed by atoms with Gasteiger partial charge in [-0.15, -0.1) is 0 Å². The molecule has 4 nitrogen and oxygen atoms in total. The van der Waals surface area contributed by atoms with Crippen LogP contribution < -0.4 is 5.56 Å². The number of benzene rings is 2. The van der Waals surface area contributed by atoms with E-state index in [1.807, 2.05) is 67.6 Å². The van der Waals surface area contributed by atoms with Gasteiger partial charge < -0.3 is 0 Å². The van der Waals surface area contributed by atoms with Crippen molar-refractivity contribution < 1.29 is 0 Å². The molecule has 3 rings (SSSR count). The van der Waals surface area contributed by atoms with Crippen LogP contribution in [0, 0.1) is 0 Å². The van der Waals surface area contributed by atoms with E-state index < -0.39 is 0 Å². The van der Waals surface area contributed by atoms with E-state index in [4.69, 9.17) is 0 Å². The van der Waals surface area contributed by atoms with Crippen molar-refractivity contribution in [3.63, 3.8) is 0 Å². The Bertz CT molecular complexity index is 924. The van der Waals surface area contributed by atoms with Crippen LogP contribution in [0.3, 0.4) is 0 Å². The Morgan fingerprint density at radius 1 is 1.09 bits per heavy atom. The Labute approximate surface area is 134 Å². The number of nitrogens with zero attached hydrogens (tertiary/aromatic N) is 3. The van der Waals surface area contributed by atoms with E-state index in [1.54, 1.807) is 12.3 Å². The smallest absolute Gasteiger partial charge is 0.267 e. The van der Waals surface area contributed by atoms with E-state index in [0.717, 1.165) is 5.56 Å². The first-order valence-corrected chi connectivity index (χ1v) is 7.56. The molecule has 0 unspecified atom stereocenters. The summed E-state index contributed by atoms with van der Waals surface area (Å²) in [6, 6.07) is 17.3. The standard InChI is InChI=1S/C19H17N3O/c1-2-18-21-17-13-7-6-12-16(17)19(23)22(18)20-14-8-11-15-9-4-3-5-10-15/h3-14H,2H2,1H3/b11-8-,20-14?. The summed E-state index contributed by atoms with van der Waals surface area (Å²) in [7, 11) is 0. The second-order valence-corrected chi connectivity index (χ2v) is 5.05. The molecule has 2 aromatic carbocycles. The zero-order chi connectivity index (χ0) is 16.1. The number of hydrogen-bond donors (Lipinski definition) is 0. The lowest BCUT2D eigenvalue weighted by Crippen LogP contribution is -2.21. The van der Waals surface area contributed by atoms with E-state index >= 15 is 0 Å². The van der Waals surface area contributed by atoms with E-state index in [9.17, 15) is 4.79 Å². The van der Waals surface area contributed by atoms with Gasteiger partial charge in [0.25, 0.3) is 5.56 Å². The summed E-state index contributed by atoms with van der Waals surface area (Å²) in [5, 5.41) is 4.85. The lowest BCUT2D eigenvalue weighted by atomic mass is 10.2. The summed E-state index contributed by atoms with van der Waals surface area (Å²) in [4.78, 5) is 17.1. The van der Waals surface area contributed by atoms with Gasteiger partial charge in [-0.3, -0.25) is 4.79 Å². The molecule has 0 saturated carbocycles. The minimum absolute atomic E-state index is 0.142. The SMILES string of the molecule is CCc1nc2ccccc2c(=O)n1N=C/C=C\c1ccccc1. The maximum Gasteiger partial charge on any atom is 0.282 e. The van der Waals surface area contributed by atoms with Crippen molar-refractivity contribution in [2.75, 3.05) is 0 Å². The van der Waals surface area contributed by atoms with Gasteiger partial charge in [-0.2, -0.15) is 9.78 Å². The van der Waals surface area contributed by atoms with Crippen LogP contribution in [-0.4, -0.2) is 15.9 Å². The fourth-order valence-corrected chi connectivity index (χ4v) is 2.34. The van der Waals surface area contributed by atoms with Gasteiger partial charge in [0, 0.05) is 12.6 Å². The summed E-state index contributed by atoms with van der Waals surface area (Å²) < 4.78 is 1.37. The molecular formula is C19H17N3O. The highest BCUT2D eigenvalue weighted by Crippen LogP contribution is 2.08. The molecule has 0 spiro atoms. The van der Waals surface area contributed by atoms with Crippen molar-refractivity contribution in [1.29, 1.82) is 0 Å². The molecule has 1 aromatic heterocycles. The third-order valence-corrected chi connectivity index (χ3v) is 3.49. The Morgan fingerprint density at radius 2 is 1.83 bits per heavy atom. The Balaban J connectivity index is 1.96. The second kappa shape index (κ2) is 6.83. The maximum absolute atomic E-state index is 12.6. The van der Waals surface area contributed by atoms with Crippen molar-refractivity contribution in [3.05, 3.63) is 82.4 Å². The van der Waals surface area contributed by atoms with Crippen molar-refractivity contribution in [1.82, 2.24) is 9.66 Å². The summed E-state index contributed by atoms with van der Waals surface area (Å²) in [6.07, 6.45) is 6.01. The normalized spacial score (nSPS) is 11.7. The number of aryl methyl sites for hydroxylation is 1. The molecule has 0 aliphatic heterocycles. The van der Waals surface area contributed by atoms with Gasteiger partial charge in [-0.05, 0) is 23.8 Å². The fraction of sp³-hybridized carbons (Fsp3) is 0.105. The minimum atomic E-state index is -0.142. The molecule has 0 fully saturated rings. The van der Waals surface area contributed by atoms with E-state index in [0.29, 0.717) is 23.1 Å². The zero-order valence-corrected chi connectivity index (χ0v) is 12.9. The Kier molecular flexibility index (Phi) is 4.43. The number of allylic oxidation sites excluding steroid dienone is 1. The van der Waals surface area contributed by atoms with Gasteiger partial charge in [0.05, 0.1) is 10.9 Å². The topological polar surface area (TPSA) is 47.2 Å². The largest absolute Gasteiger partial charge is 0.282 e. The molecule has 0 radical (unpaired) electrons. The van der Waals surface area contributed by atoms with E-state index in [2.05, 4.69) is 10.1 Å². The Morgan fingerprint density at radius 3 is 2.61 bits per heavy atom. The molecular weight excluding hydrogens is 286 g/mol. The highest BCUT2D eigenvalue weighted by Gasteiger charge is 2.07. The van der Waals surface area contributed by atoms with Gasteiger partial charge in [-0.1, -0.05) is 55.5 Å². The average molecular weight is 303 g/mol. The number of aromatic nitrogens is 2. The lowest BCUT2D eigenvalue weighted by molar-refractivity contribution is 0.735. The minimum Gasteiger partial charge on any atom is -0.267 e. The van der Waals surface area contributed by atoms with Crippen LogP contribution in [0.4, 0.5) is 0 Å². The number of hydrogen-bond acceptors (Lipinski definition) is 3. The predicted molar refractivity (Wildman–Crippen MR) is 94.7 cm³/mol. The number of para-hydroxylation sites is 1. The number of rotatable bonds is 4. The molecule has 4 heteroatoms. The molecule has 0 N–H and O–H groups in total. The summed E-state index contributed by atoms with van der Waals surface area (Å²) in [5.41, 5.74) is 1.65. The monoisotopic (exact) mass is 303 g/mol. The fourth-order valence-electron chi connectivity index (χ4n) is 2.34. The van der Waals surface area contributed by atoms with Crippen LogP contribution >= 0.6 is 0 Å². The number of fused-ring (bicyclic) bond motifs is 1. The lowest BCUT2D eigenvalue weighted by Gasteiger charge is -2.06. The van der Waals surface area contributed by atoms with Crippen LogP contribution in [0.25, 0.3) is 17.0 Å². The Hall–Kier alpha value is -3.01. The molecule has 0 bridgehead atoms. The first-order valence-electron chi connectivity index (χ1n) is 7.56. The molecule has 0 atom stereocenters. The molecule has 3 aromatic rings. The van der Waals surface area contributed by atoms with Crippen molar-refractivity contribution in [3.8, 4) is 0 Å². The zero-order valence-electron chi connectivity index (χ0n) is 12.9. The highest BCUT2D eigenvalue weighted by molar-refractivity contribution is 5.79. The van der Waals surface area contributed by atoms with Gasteiger partial charge in [-0.25, -0.2) is 4.98 Å². The maximum atomic E-state index is 12.6.